The zero-order chi connectivity index (χ0) is 18.8. The van der Waals surface area contributed by atoms with E-state index in [0.29, 0.717) is 17.8 Å². The smallest absolute Gasteiger partial charge is 0.229 e. The number of fused-ring (bicyclic) bond motifs is 1. The van der Waals surface area contributed by atoms with Crippen molar-refractivity contribution in [3.63, 3.8) is 0 Å². The Morgan fingerprint density at radius 3 is 2.63 bits per heavy atom. The van der Waals surface area contributed by atoms with Crippen LogP contribution in [0.4, 0.5) is 11.6 Å². The summed E-state index contributed by atoms with van der Waals surface area (Å²) >= 11 is 0. The average Bonchev–Trinajstić information content (AvgIpc) is 3.57. The minimum Gasteiger partial charge on any atom is -0.346 e. The third-order valence-corrected chi connectivity index (χ3v) is 5.56. The molecule has 0 unspecified atom stereocenters. The van der Waals surface area contributed by atoms with Crippen molar-refractivity contribution in [1.29, 1.82) is 5.26 Å². The molecule has 2 aliphatic carbocycles. The highest BCUT2D eigenvalue weighted by molar-refractivity contribution is 5.85. The van der Waals surface area contributed by atoms with Gasteiger partial charge in [-0.3, -0.25) is 4.68 Å². The van der Waals surface area contributed by atoms with Crippen LogP contribution in [0.2, 0.25) is 0 Å². The van der Waals surface area contributed by atoms with Crippen LogP contribution in [0.3, 0.4) is 0 Å². The van der Waals surface area contributed by atoms with Crippen molar-refractivity contribution in [3.8, 4) is 6.07 Å². The molecule has 0 amide bonds. The summed E-state index contributed by atoms with van der Waals surface area (Å²) in [5.41, 5.74) is 4.42. The third kappa shape index (κ3) is 2.76. The standard InChI is InChI=1S/C20H23N7/c1-11-15(9-27(26-11)20(2,3)10-21)23-19-24-17(13-6-7-13)16-14(12-4-5-12)8-22-18(16)25-19/h8-9,12-13H,4-7H2,1-3H3,(H2,22,23,24,25). The van der Waals surface area contributed by atoms with Gasteiger partial charge in [0.2, 0.25) is 5.95 Å². The molecule has 0 saturated heterocycles. The number of aromatic amines is 1. The second-order valence-electron chi connectivity index (χ2n) is 8.32. The number of rotatable bonds is 5. The summed E-state index contributed by atoms with van der Waals surface area (Å²) in [6, 6.07) is 2.27. The Labute approximate surface area is 157 Å². The number of anilines is 2. The van der Waals surface area contributed by atoms with Gasteiger partial charge in [0, 0.05) is 17.5 Å². The molecule has 138 valence electrons. The van der Waals surface area contributed by atoms with E-state index >= 15 is 0 Å². The lowest BCUT2D eigenvalue weighted by molar-refractivity contribution is 0.416. The Bertz CT molecular complexity index is 1070. The first-order valence-corrected chi connectivity index (χ1v) is 9.60. The second kappa shape index (κ2) is 5.56. The zero-order valence-electron chi connectivity index (χ0n) is 15.9. The van der Waals surface area contributed by atoms with Gasteiger partial charge >= 0.3 is 0 Å². The summed E-state index contributed by atoms with van der Waals surface area (Å²) in [6.45, 7) is 5.61. The van der Waals surface area contributed by atoms with Gasteiger partial charge in [-0.05, 0) is 57.9 Å². The highest BCUT2D eigenvalue weighted by atomic mass is 15.3. The van der Waals surface area contributed by atoms with Crippen LogP contribution in [0.25, 0.3) is 11.0 Å². The van der Waals surface area contributed by atoms with Crippen molar-refractivity contribution in [2.45, 2.75) is 63.8 Å². The van der Waals surface area contributed by atoms with Crippen molar-refractivity contribution >= 4 is 22.7 Å². The lowest BCUT2D eigenvalue weighted by Crippen LogP contribution is -2.24. The van der Waals surface area contributed by atoms with E-state index in [0.717, 1.165) is 17.0 Å². The van der Waals surface area contributed by atoms with Crippen LogP contribution in [-0.4, -0.2) is 24.7 Å². The van der Waals surface area contributed by atoms with Crippen molar-refractivity contribution in [2.24, 2.45) is 0 Å². The number of nitriles is 1. The number of hydrogen-bond donors (Lipinski definition) is 2. The molecule has 2 saturated carbocycles. The fourth-order valence-corrected chi connectivity index (χ4v) is 3.55. The van der Waals surface area contributed by atoms with Crippen LogP contribution < -0.4 is 5.32 Å². The zero-order valence-corrected chi connectivity index (χ0v) is 15.9. The first-order chi connectivity index (χ1) is 13.0. The Kier molecular flexibility index (Phi) is 3.36. The van der Waals surface area contributed by atoms with Crippen LogP contribution in [-0.2, 0) is 5.54 Å². The minimum absolute atomic E-state index is 0.547. The minimum atomic E-state index is -0.701. The molecule has 0 atom stereocenters. The average molecular weight is 361 g/mol. The van der Waals surface area contributed by atoms with Crippen LogP contribution in [0.1, 0.15) is 68.3 Å². The van der Waals surface area contributed by atoms with Gasteiger partial charge in [-0.25, -0.2) is 4.98 Å². The SMILES string of the molecule is Cc1nn(C(C)(C)C#N)cc1Nc1nc(C2CC2)c2c(C3CC3)c[nH]c2n1. The van der Waals surface area contributed by atoms with Crippen LogP contribution in [0.15, 0.2) is 12.4 Å². The Morgan fingerprint density at radius 2 is 1.96 bits per heavy atom. The Hall–Kier alpha value is -2.88. The molecule has 3 aromatic heterocycles. The van der Waals surface area contributed by atoms with Crippen molar-refractivity contribution in [2.75, 3.05) is 5.32 Å². The summed E-state index contributed by atoms with van der Waals surface area (Å²) < 4.78 is 1.69. The lowest BCUT2D eigenvalue weighted by Gasteiger charge is -2.15. The number of nitrogens with one attached hydrogen (secondary N) is 2. The van der Waals surface area contributed by atoms with E-state index in [2.05, 4.69) is 27.7 Å². The molecule has 3 heterocycles. The van der Waals surface area contributed by atoms with E-state index in [-0.39, 0.29) is 0 Å². The second-order valence-corrected chi connectivity index (χ2v) is 8.32. The van der Waals surface area contributed by atoms with E-state index < -0.39 is 5.54 Å². The molecular weight excluding hydrogens is 338 g/mol. The van der Waals surface area contributed by atoms with Crippen LogP contribution >= 0.6 is 0 Å². The summed E-state index contributed by atoms with van der Waals surface area (Å²) in [7, 11) is 0. The van der Waals surface area contributed by atoms with Gasteiger partial charge in [0.1, 0.15) is 11.2 Å². The maximum atomic E-state index is 9.35. The Balaban J connectivity index is 1.54. The molecule has 0 bridgehead atoms. The van der Waals surface area contributed by atoms with Gasteiger partial charge in [0.25, 0.3) is 0 Å². The van der Waals surface area contributed by atoms with E-state index in [1.165, 1.54) is 42.3 Å². The molecule has 0 spiro atoms. The summed E-state index contributed by atoms with van der Waals surface area (Å²) in [6.07, 6.45) is 8.91. The van der Waals surface area contributed by atoms with Crippen molar-refractivity contribution in [3.05, 3.63) is 29.3 Å². The molecule has 27 heavy (non-hydrogen) atoms. The fraction of sp³-hybridized carbons (Fsp3) is 0.500. The molecule has 2 fully saturated rings. The molecule has 7 heteroatoms. The maximum Gasteiger partial charge on any atom is 0.229 e. The molecular formula is C20H23N7. The predicted molar refractivity (Wildman–Crippen MR) is 103 cm³/mol. The van der Waals surface area contributed by atoms with E-state index in [1.807, 2.05) is 27.0 Å². The molecule has 0 radical (unpaired) electrons. The number of H-pyrrole nitrogens is 1. The third-order valence-electron chi connectivity index (χ3n) is 5.56. The summed E-state index contributed by atoms with van der Waals surface area (Å²) in [5.74, 6) is 1.81. The van der Waals surface area contributed by atoms with Gasteiger partial charge in [-0.1, -0.05) is 0 Å². The van der Waals surface area contributed by atoms with Gasteiger partial charge in [-0.2, -0.15) is 15.3 Å². The normalized spacial score (nSPS) is 17.3. The lowest BCUT2D eigenvalue weighted by atomic mass is 10.1. The molecule has 2 N–H and O–H groups in total. The number of nitrogens with zero attached hydrogens (tertiary/aromatic N) is 5. The van der Waals surface area contributed by atoms with Crippen LogP contribution in [0, 0.1) is 18.3 Å². The highest BCUT2D eigenvalue weighted by Gasteiger charge is 2.33. The highest BCUT2D eigenvalue weighted by Crippen LogP contribution is 2.48. The first-order valence-electron chi connectivity index (χ1n) is 9.60. The molecule has 0 aromatic carbocycles. The van der Waals surface area contributed by atoms with E-state index in [9.17, 15) is 5.26 Å². The first kappa shape index (κ1) is 16.3. The largest absolute Gasteiger partial charge is 0.346 e. The Morgan fingerprint density at radius 1 is 1.22 bits per heavy atom. The monoisotopic (exact) mass is 361 g/mol. The summed E-state index contributed by atoms with van der Waals surface area (Å²) in [5, 5.41) is 18.4. The molecule has 2 aliphatic rings. The van der Waals surface area contributed by atoms with Crippen molar-refractivity contribution < 1.29 is 0 Å². The fourth-order valence-electron chi connectivity index (χ4n) is 3.55. The summed E-state index contributed by atoms with van der Waals surface area (Å²) in [4.78, 5) is 13.0. The number of aromatic nitrogens is 5. The van der Waals surface area contributed by atoms with Crippen molar-refractivity contribution in [1.82, 2.24) is 24.7 Å². The maximum absolute atomic E-state index is 9.35. The van der Waals surface area contributed by atoms with Gasteiger partial charge in [0.05, 0.1) is 29.3 Å². The predicted octanol–water partition coefficient (Wildman–Crippen LogP) is 4.22. The number of hydrogen-bond acceptors (Lipinski definition) is 5. The topological polar surface area (TPSA) is 95.2 Å². The van der Waals surface area contributed by atoms with Gasteiger partial charge in [-0.15, -0.1) is 0 Å². The molecule has 0 aliphatic heterocycles. The number of aryl methyl sites for hydroxylation is 1. The molecule has 5 rings (SSSR count). The van der Waals surface area contributed by atoms with Gasteiger partial charge in [0.15, 0.2) is 0 Å². The molecule has 7 nitrogen and oxygen atoms in total. The molecule has 3 aromatic rings. The van der Waals surface area contributed by atoms with E-state index in [4.69, 9.17) is 9.97 Å². The van der Waals surface area contributed by atoms with E-state index in [1.54, 1.807) is 4.68 Å². The van der Waals surface area contributed by atoms with Gasteiger partial charge < -0.3 is 10.3 Å². The quantitative estimate of drug-likeness (QED) is 0.709. The van der Waals surface area contributed by atoms with Crippen LogP contribution in [0.5, 0.6) is 0 Å².